The lowest BCUT2D eigenvalue weighted by Gasteiger charge is -2.19. The third-order valence-electron chi connectivity index (χ3n) is 1.48. The summed E-state index contributed by atoms with van der Waals surface area (Å²) in [6.07, 6.45) is 2.76. The molecule has 1 saturated heterocycles. The molecule has 0 aromatic heterocycles. The van der Waals surface area contributed by atoms with E-state index in [1.54, 1.807) is 0 Å². The quantitative estimate of drug-likeness (QED) is 0.434. The molecule has 0 aliphatic carbocycles. The van der Waals surface area contributed by atoms with E-state index < -0.39 is 0 Å². The van der Waals surface area contributed by atoms with Crippen molar-refractivity contribution in [3.8, 4) is 0 Å². The van der Waals surface area contributed by atoms with Gasteiger partial charge >= 0.3 is 0 Å². The first-order chi connectivity index (χ1) is 3.79. The van der Waals surface area contributed by atoms with Crippen molar-refractivity contribution in [2.75, 3.05) is 6.61 Å². The van der Waals surface area contributed by atoms with Crippen LogP contribution in [0.5, 0.6) is 0 Å². The highest BCUT2D eigenvalue weighted by Crippen LogP contribution is 2.14. The minimum atomic E-state index is 0.459. The summed E-state index contributed by atoms with van der Waals surface area (Å²) >= 11 is 0. The molecule has 1 nitrogen and oxygen atoms in total. The van der Waals surface area contributed by atoms with Crippen LogP contribution in [0.4, 0.5) is 0 Å². The Morgan fingerprint density at radius 2 is 2.50 bits per heavy atom. The average Bonchev–Trinajstić information content (AvgIpc) is 1.77. The summed E-state index contributed by atoms with van der Waals surface area (Å²) < 4.78 is 5.29. The highest BCUT2D eigenvalue weighted by Gasteiger charge is 2.09. The van der Waals surface area contributed by atoms with E-state index in [4.69, 9.17) is 4.74 Å². The molecule has 0 saturated carbocycles. The zero-order chi connectivity index (χ0) is 5.98. The molecule has 1 rings (SSSR count). The molecule has 46 valence electrons. The van der Waals surface area contributed by atoms with Crippen molar-refractivity contribution in [3.05, 3.63) is 12.2 Å². The number of hydrogen-bond donors (Lipinski definition) is 0. The van der Waals surface area contributed by atoms with E-state index in [1.807, 2.05) is 0 Å². The third kappa shape index (κ3) is 1.34. The van der Waals surface area contributed by atoms with Gasteiger partial charge in [0.1, 0.15) is 0 Å². The van der Waals surface area contributed by atoms with Gasteiger partial charge in [-0.3, -0.25) is 0 Å². The summed E-state index contributed by atoms with van der Waals surface area (Å²) in [6, 6.07) is 0. The summed E-state index contributed by atoms with van der Waals surface area (Å²) in [7, 11) is 0. The Labute approximate surface area is 50.3 Å². The van der Waals surface area contributed by atoms with Gasteiger partial charge in [-0.1, -0.05) is 12.2 Å². The average molecular weight is 112 g/mol. The van der Waals surface area contributed by atoms with Crippen molar-refractivity contribution in [2.24, 2.45) is 0 Å². The van der Waals surface area contributed by atoms with Gasteiger partial charge < -0.3 is 4.74 Å². The Morgan fingerprint density at radius 1 is 1.75 bits per heavy atom. The fraction of sp³-hybridized carbons (Fsp3) is 0.714. The molecule has 1 aliphatic heterocycles. The summed E-state index contributed by atoms with van der Waals surface area (Å²) in [6.45, 7) is 6.71. The lowest BCUT2D eigenvalue weighted by Crippen LogP contribution is -2.16. The van der Waals surface area contributed by atoms with Crippen LogP contribution in [0, 0.1) is 0 Å². The molecule has 8 heavy (non-hydrogen) atoms. The Bertz CT molecular complexity index is 86.6. The van der Waals surface area contributed by atoms with Gasteiger partial charge in [0, 0.05) is 0 Å². The van der Waals surface area contributed by atoms with Crippen LogP contribution >= 0.6 is 0 Å². The smallest absolute Gasteiger partial charge is 0.0677 e. The Hall–Kier alpha value is -0.300. The van der Waals surface area contributed by atoms with Crippen LogP contribution in [0.2, 0.25) is 0 Å². The molecular formula is C7H12O. The van der Waals surface area contributed by atoms with Gasteiger partial charge in [-0.25, -0.2) is 0 Å². The van der Waals surface area contributed by atoms with Crippen LogP contribution in [-0.2, 0) is 4.74 Å². The number of rotatable bonds is 0. The fourth-order valence-electron chi connectivity index (χ4n) is 0.823. The second kappa shape index (κ2) is 2.31. The summed E-state index contributed by atoms with van der Waals surface area (Å²) in [4.78, 5) is 0. The minimum absolute atomic E-state index is 0.459. The third-order valence-corrected chi connectivity index (χ3v) is 1.48. The molecule has 0 N–H and O–H groups in total. The van der Waals surface area contributed by atoms with Crippen LogP contribution in [0.1, 0.15) is 19.8 Å². The molecule has 1 fully saturated rings. The molecular weight excluding hydrogens is 100 g/mol. The number of ether oxygens (including phenoxy) is 1. The largest absolute Gasteiger partial charge is 0.374 e. The summed E-state index contributed by atoms with van der Waals surface area (Å²) in [5.41, 5.74) is 1.24. The van der Waals surface area contributed by atoms with E-state index in [0.29, 0.717) is 6.10 Å². The molecule has 0 spiro atoms. The van der Waals surface area contributed by atoms with Crippen molar-refractivity contribution >= 4 is 0 Å². The normalized spacial score (nSPS) is 30.6. The maximum Gasteiger partial charge on any atom is 0.0677 e. The first kappa shape index (κ1) is 5.83. The van der Waals surface area contributed by atoms with Crippen molar-refractivity contribution in [3.63, 3.8) is 0 Å². The molecule has 0 aromatic carbocycles. The molecule has 1 unspecified atom stereocenters. The predicted octanol–water partition coefficient (Wildman–Crippen LogP) is 1.74. The van der Waals surface area contributed by atoms with Crippen molar-refractivity contribution < 1.29 is 4.74 Å². The lowest BCUT2D eigenvalue weighted by molar-refractivity contribution is 0.0562. The predicted molar refractivity (Wildman–Crippen MR) is 33.8 cm³/mol. The Morgan fingerprint density at radius 3 is 2.88 bits per heavy atom. The monoisotopic (exact) mass is 112 g/mol. The first-order valence-corrected chi connectivity index (χ1v) is 3.07. The summed E-state index contributed by atoms with van der Waals surface area (Å²) in [5, 5.41) is 0. The maximum atomic E-state index is 5.29. The molecule has 1 atom stereocenters. The molecule has 0 bridgehead atoms. The maximum absolute atomic E-state index is 5.29. The Balaban J connectivity index is 2.29. The number of hydrogen-bond acceptors (Lipinski definition) is 1. The van der Waals surface area contributed by atoms with Crippen molar-refractivity contribution in [1.82, 2.24) is 0 Å². The molecule has 1 heteroatoms. The second-order valence-electron chi connectivity index (χ2n) is 2.41. The SMILES string of the molecule is C=C1CCC(C)OC1. The van der Waals surface area contributed by atoms with E-state index in [0.717, 1.165) is 19.4 Å². The fourth-order valence-corrected chi connectivity index (χ4v) is 0.823. The zero-order valence-electron chi connectivity index (χ0n) is 5.31. The molecule has 1 aliphatic rings. The van der Waals surface area contributed by atoms with Gasteiger partial charge in [-0.2, -0.15) is 0 Å². The summed E-state index contributed by atoms with van der Waals surface area (Å²) in [5.74, 6) is 0. The van der Waals surface area contributed by atoms with Crippen LogP contribution in [0.15, 0.2) is 12.2 Å². The van der Waals surface area contributed by atoms with Gasteiger partial charge in [0.15, 0.2) is 0 Å². The highest BCUT2D eigenvalue weighted by atomic mass is 16.5. The van der Waals surface area contributed by atoms with Crippen LogP contribution in [0.3, 0.4) is 0 Å². The highest BCUT2D eigenvalue weighted by molar-refractivity contribution is 4.97. The van der Waals surface area contributed by atoms with Gasteiger partial charge in [-0.05, 0) is 19.8 Å². The van der Waals surface area contributed by atoms with Crippen LogP contribution in [-0.4, -0.2) is 12.7 Å². The Kier molecular flexibility index (Phi) is 1.69. The van der Waals surface area contributed by atoms with E-state index in [-0.39, 0.29) is 0 Å². The molecule has 0 amide bonds. The van der Waals surface area contributed by atoms with E-state index in [9.17, 15) is 0 Å². The lowest BCUT2D eigenvalue weighted by atomic mass is 10.1. The van der Waals surface area contributed by atoms with Gasteiger partial charge in [0.25, 0.3) is 0 Å². The molecule has 0 radical (unpaired) electrons. The zero-order valence-corrected chi connectivity index (χ0v) is 5.31. The van der Waals surface area contributed by atoms with Crippen LogP contribution in [0.25, 0.3) is 0 Å². The standard InChI is InChI=1S/C7H12O/c1-6-3-4-7(2)8-5-6/h7H,1,3-5H2,2H3. The van der Waals surface area contributed by atoms with Gasteiger partial charge in [0.2, 0.25) is 0 Å². The van der Waals surface area contributed by atoms with Crippen LogP contribution < -0.4 is 0 Å². The minimum Gasteiger partial charge on any atom is -0.374 e. The van der Waals surface area contributed by atoms with Crippen molar-refractivity contribution in [2.45, 2.75) is 25.9 Å². The van der Waals surface area contributed by atoms with E-state index in [1.165, 1.54) is 5.57 Å². The molecule has 0 aromatic rings. The molecule has 1 heterocycles. The van der Waals surface area contributed by atoms with Gasteiger partial charge in [-0.15, -0.1) is 0 Å². The van der Waals surface area contributed by atoms with E-state index >= 15 is 0 Å². The first-order valence-electron chi connectivity index (χ1n) is 3.07. The van der Waals surface area contributed by atoms with Crippen molar-refractivity contribution in [1.29, 1.82) is 0 Å². The van der Waals surface area contributed by atoms with Gasteiger partial charge in [0.05, 0.1) is 12.7 Å². The second-order valence-corrected chi connectivity index (χ2v) is 2.41. The topological polar surface area (TPSA) is 9.23 Å². The van der Waals surface area contributed by atoms with E-state index in [2.05, 4.69) is 13.5 Å².